The summed E-state index contributed by atoms with van der Waals surface area (Å²) in [6, 6.07) is 20.6. The van der Waals surface area contributed by atoms with Gasteiger partial charge >= 0.3 is 0 Å². The van der Waals surface area contributed by atoms with Crippen LogP contribution in [0.5, 0.6) is 0 Å². The fourth-order valence-electron chi connectivity index (χ4n) is 3.09. The molecule has 28 heavy (non-hydrogen) atoms. The van der Waals surface area contributed by atoms with Gasteiger partial charge in [-0.1, -0.05) is 82.3 Å². The monoisotopic (exact) mass is 420 g/mol. The molecular weight excluding hydrogens is 387 g/mol. The minimum absolute atomic E-state index is 0. The fourth-order valence-corrected chi connectivity index (χ4v) is 3.09. The van der Waals surface area contributed by atoms with Crippen LogP contribution < -0.4 is 0 Å². The van der Waals surface area contributed by atoms with Crippen molar-refractivity contribution in [1.29, 1.82) is 0 Å². The minimum atomic E-state index is 0. The molecule has 2 nitrogen and oxygen atoms in total. The summed E-state index contributed by atoms with van der Waals surface area (Å²) in [7, 11) is 0. The second-order valence-electron chi connectivity index (χ2n) is 7.06. The summed E-state index contributed by atoms with van der Waals surface area (Å²) in [5, 5.41) is 0. The molecule has 2 rings (SSSR count). The van der Waals surface area contributed by atoms with Gasteiger partial charge in [0.05, 0.1) is 22.8 Å². The molecule has 0 aliphatic heterocycles. The molecule has 2 aromatic carbocycles. The van der Waals surface area contributed by atoms with E-state index in [1.807, 2.05) is 12.1 Å². The second-order valence-corrected chi connectivity index (χ2v) is 7.06. The predicted octanol–water partition coefficient (Wildman–Crippen LogP) is 8.08. The van der Waals surface area contributed by atoms with E-state index >= 15 is 0 Å². The number of aliphatic imine (C=N–C) groups is 2. The first-order chi connectivity index (χ1) is 13.3. The minimum Gasteiger partial charge on any atom is -0.252 e. The maximum Gasteiger partial charge on any atom is 0.0633 e. The molecular formula is C25H34N2Ni. The molecule has 0 bridgehead atoms. The summed E-state index contributed by atoms with van der Waals surface area (Å²) >= 11 is 0. The van der Waals surface area contributed by atoms with Crippen LogP contribution in [0.2, 0.25) is 0 Å². The van der Waals surface area contributed by atoms with Gasteiger partial charge in [-0.3, -0.25) is 9.98 Å². The van der Waals surface area contributed by atoms with E-state index in [1.165, 1.54) is 38.5 Å². The van der Waals surface area contributed by atoms with Crippen molar-refractivity contribution in [3.63, 3.8) is 0 Å². The molecule has 154 valence electrons. The number of hydrogen-bond donors (Lipinski definition) is 0. The van der Waals surface area contributed by atoms with Crippen molar-refractivity contribution in [2.24, 2.45) is 9.98 Å². The van der Waals surface area contributed by atoms with E-state index in [0.29, 0.717) is 0 Å². The quantitative estimate of drug-likeness (QED) is 0.188. The number of unbranched alkanes of at least 4 members (excludes halogenated alkanes) is 5. The van der Waals surface area contributed by atoms with E-state index in [4.69, 9.17) is 9.98 Å². The summed E-state index contributed by atoms with van der Waals surface area (Å²) in [4.78, 5) is 10.0. The van der Waals surface area contributed by atoms with Gasteiger partial charge in [0, 0.05) is 16.5 Å². The smallest absolute Gasteiger partial charge is 0.0633 e. The van der Waals surface area contributed by atoms with Crippen molar-refractivity contribution in [2.45, 2.75) is 71.6 Å². The molecule has 0 aliphatic carbocycles. The first-order valence-corrected chi connectivity index (χ1v) is 10.6. The Morgan fingerprint density at radius 2 is 1.00 bits per heavy atom. The summed E-state index contributed by atoms with van der Waals surface area (Å²) < 4.78 is 0. The van der Waals surface area contributed by atoms with E-state index in [-0.39, 0.29) is 16.5 Å². The third-order valence-corrected chi connectivity index (χ3v) is 4.66. The zero-order chi connectivity index (χ0) is 19.2. The van der Waals surface area contributed by atoms with Gasteiger partial charge in [-0.2, -0.15) is 0 Å². The Balaban J connectivity index is 0.00000392. The van der Waals surface area contributed by atoms with Gasteiger partial charge < -0.3 is 0 Å². The molecule has 0 saturated carbocycles. The van der Waals surface area contributed by atoms with Crippen molar-refractivity contribution in [3.05, 3.63) is 60.7 Å². The Morgan fingerprint density at radius 3 is 1.46 bits per heavy atom. The molecule has 0 atom stereocenters. The van der Waals surface area contributed by atoms with E-state index in [1.54, 1.807) is 0 Å². The molecule has 0 aromatic heterocycles. The predicted molar refractivity (Wildman–Crippen MR) is 120 cm³/mol. The first kappa shape index (κ1) is 24.3. The number of nitrogens with zero attached hydrogens (tertiary/aromatic N) is 2. The maximum absolute atomic E-state index is 5.01. The Labute approximate surface area is 181 Å². The molecule has 0 unspecified atom stereocenters. The molecule has 0 amide bonds. The molecule has 0 N–H and O–H groups in total. The van der Waals surface area contributed by atoms with E-state index < -0.39 is 0 Å². The van der Waals surface area contributed by atoms with Crippen molar-refractivity contribution in [2.75, 3.05) is 0 Å². The normalized spacial score (nSPS) is 11.9. The van der Waals surface area contributed by atoms with Crippen LogP contribution in [0.15, 0.2) is 70.6 Å². The van der Waals surface area contributed by atoms with Gasteiger partial charge in [-0.05, 0) is 49.9 Å². The van der Waals surface area contributed by atoms with E-state index in [2.05, 4.69) is 62.4 Å². The molecule has 0 aliphatic rings. The van der Waals surface area contributed by atoms with Crippen molar-refractivity contribution >= 4 is 22.8 Å². The van der Waals surface area contributed by atoms with Crippen molar-refractivity contribution in [3.8, 4) is 0 Å². The maximum atomic E-state index is 5.01. The Bertz CT molecular complexity index is 693. The molecule has 0 radical (unpaired) electrons. The number of benzene rings is 2. The van der Waals surface area contributed by atoms with Crippen LogP contribution in [0.1, 0.15) is 71.6 Å². The third kappa shape index (κ3) is 9.46. The van der Waals surface area contributed by atoms with Gasteiger partial charge in [0.2, 0.25) is 0 Å². The average Bonchev–Trinajstić information content (AvgIpc) is 2.71. The fraction of sp³-hybridized carbons (Fsp3) is 0.440. The van der Waals surface area contributed by atoms with Gasteiger partial charge in [0.1, 0.15) is 0 Å². The number of para-hydroxylation sites is 2. The van der Waals surface area contributed by atoms with Crippen LogP contribution in [0, 0.1) is 0 Å². The third-order valence-electron chi connectivity index (χ3n) is 4.66. The summed E-state index contributed by atoms with van der Waals surface area (Å²) in [5.74, 6) is 0. The van der Waals surface area contributed by atoms with Gasteiger partial charge in [-0.25, -0.2) is 0 Å². The Morgan fingerprint density at radius 1 is 0.571 bits per heavy atom. The van der Waals surface area contributed by atoms with Crippen LogP contribution >= 0.6 is 0 Å². The average molecular weight is 421 g/mol. The molecule has 2 aromatic rings. The summed E-state index contributed by atoms with van der Waals surface area (Å²) in [5.41, 5.74) is 4.37. The molecule has 0 heterocycles. The van der Waals surface area contributed by atoms with E-state index in [9.17, 15) is 0 Å². The molecule has 0 fully saturated rings. The molecule has 0 spiro atoms. The topological polar surface area (TPSA) is 24.7 Å². The van der Waals surface area contributed by atoms with Crippen LogP contribution in [0.4, 0.5) is 11.4 Å². The van der Waals surface area contributed by atoms with E-state index in [0.717, 1.165) is 42.1 Å². The number of rotatable bonds is 12. The van der Waals surface area contributed by atoms with Gasteiger partial charge in [-0.15, -0.1) is 0 Å². The van der Waals surface area contributed by atoms with Crippen LogP contribution in [-0.4, -0.2) is 11.4 Å². The molecule has 3 heteroatoms. The zero-order valence-electron chi connectivity index (χ0n) is 17.3. The first-order valence-electron chi connectivity index (χ1n) is 10.6. The van der Waals surface area contributed by atoms with Crippen LogP contribution in [-0.2, 0) is 16.5 Å². The van der Waals surface area contributed by atoms with Crippen LogP contribution in [0.25, 0.3) is 0 Å². The Hall–Kier alpha value is -1.73. The number of hydrogen-bond acceptors (Lipinski definition) is 2. The van der Waals surface area contributed by atoms with Crippen molar-refractivity contribution in [1.82, 2.24) is 0 Å². The Kier molecular flexibility index (Phi) is 13.2. The van der Waals surface area contributed by atoms with Gasteiger partial charge in [0.15, 0.2) is 0 Å². The zero-order valence-corrected chi connectivity index (χ0v) is 18.3. The second kappa shape index (κ2) is 15.2. The van der Waals surface area contributed by atoms with Gasteiger partial charge in [0.25, 0.3) is 0 Å². The van der Waals surface area contributed by atoms with Crippen LogP contribution in [0.3, 0.4) is 0 Å². The summed E-state index contributed by atoms with van der Waals surface area (Å²) in [6.07, 6.45) is 10.7. The molecule has 0 saturated heterocycles. The largest absolute Gasteiger partial charge is 0.252 e. The standard InChI is InChI=1S/C25H34N2.Ni/c1-3-5-7-8-15-21-25(27-23-18-13-10-14-19-23)24(20-6-4-2)26-22-16-11-9-12-17-22;/h9-14,16-19H,3-8,15,20-21H2,1-2H3;/b26-24+,27-25+;. The van der Waals surface area contributed by atoms with Crippen molar-refractivity contribution < 1.29 is 16.5 Å². The summed E-state index contributed by atoms with van der Waals surface area (Å²) in [6.45, 7) is 4.50. The SMILES string of the molecule is CCCCCCCC(=N\c1ccccc1)/C(CCCC)=N/c1ccccc1.[Ni].